The van der Waals surface area contributed by atoms with Crippen LogP contribution in [0.15, 0.2) is 77.9 Å². The fourth-order valence-corrected chi connectivity index (χ4v) is 4.85. The highest BCUT2D eigenvalue weighted by molar-refractivity contribution is 6.34. The maximum Gasteiger partial charge on any atom is 0.417 e. The molecule has 10 nitrogen and oxygen atoms in total. The summed E-state index contributed by atoms with van der Waals surface area (Å²) in [6, 6.07) is 17.7. The zero-order chi connectivity index (χ0) is 33.2. The number of carbonyl (C=O) groups is 4. The number of nitrogens with zero attached hydrogens (tertiary/aromatic N) is 1. The maximum absolute atomic E-state index is 14.4. The van der Waals surface area contributed by atoms with Gasteiger partial charge >= 0.3 is 12.2 Å². The number of amides is 4. The van der Waals surface area contributed by atoms with Gasteiger partial charge in [-0.05, 0) is 69.9 Å². The molecule has 0 radical (unpaired) electrons. The van der Waals surface area contributed by atoms with Crippen molar-refractivity contribution in [3.05, 3.63) is 88.7 Å². The second-order valence-electron chi connectivity index (χ2n) is 10.0. The van der Waals surface area contributed by atoms with E-state index in [-0.39, 0.29) is 23.1 Å². The minimum atomic E-state index is -0.762. The van der Waals surface area contributed by atoms with Gasteiger partial charge in [-0.3, -0.25) is 20.2 Å². The third-order valence-electron chi connectivity index (χ3n) is 6.76. The Bertz CT molecular complexity index is 1680. The van der Waals surface area contributed by atoms with Crippen molar-refractivity contribution >= 4 is 52.7 Å². The lowest BCUT2D eigenvalue weighted by Crippen LogP contribution is -2.32. The molecule has 12 heteroatoms. The molecule has 238 valence electrons. The lowest BCUT2D eigenvalue weighted by Gasteiger charge is -2.19. The number of anilines is 3. The Morgan fingerprint density at radius 2 is 1.59 bits per heavy atom. The number of benzene rings is 3. The molecule has 0 bridgehead atoms. The van der Waals surface area contributed by atoms with Gasteiger partial charge in [-0.25, -0.2) is 18.9 Å². The molecule has 0 saturated carbocycles. The Kier molecular flexibility index (Phi) is 11.4. The summed E-state index contributed by atoms with van der Waals surface area (Å²) in [5, 5.41) is 5.15. The quantitative estimate of drug-likeness (QED) is 0.201. The molecule has 1 aliphatic heterocycles. The second kappa shape index (κ2) is 15.6. The van der Waals surface area contributed by atoms with Crippen molar-refractivity contribution in [3.63, 3.8) is 0 Å². The number of terminal acetylenes is 1. The van der Waals surface area contributed by atoms with E-state index in [1.54, 1.807) is 56.3 Å². The van der Waals surface area contributed by atoms with Gasteiger partial charge in [-0.1, -0.05) is 41.8 Å². The highest BCUT2D eigenvalue weighted by Gasteiger charge is 2.41. The molecule has 2 aliphatic rings. The molecule has 1 heterocycles. The fourth-order valence-electron chi connectivity index (χ4n) is 4.66. The van der Waals surface area contributed by atoms with Crippen LogP contribution in [0.3, 0.4) is 0 Å². The number of ether oxygens (including phenoxy) is 3. The number of para-hydroxylation sites is 1. The van der Waals surface area contributed by atoms with Crippen molar-refractivity contribution in [1.29, 1.82) is 0 Å². The number of rotatable bonds is 7. The Labute approximate surface area is 270 Å². The number of nitrogens with one attached hydrogen (secondary N) is 2. The standard InChI is InChI=1S/C18H15ClFNO3.C16H16N2O4/c1-3-10(2)24-16-9-15(14(20)8-13(16)19)21-17(22)11-6-4-5-7-12(11)18(21)23;1-2-21-15(19)18-13-9-6-10-14(11-13)22-16(20)17-12-7-4-3-5-8-12/h1,8-10H,4-7H2,2H3;3-11H,2H2,1H3,(H,17,20)(H,18,19). The van der Waals surface area contributed by atoms with Crippen molar-refractivity contribution in [2.24, 2.45) is 0 Å². The van der Waals surface area contributed by atoms with E-state index < -0.39 is 35.9 Å². The Morgan fingerprint density at radius 1 is 0.957 bits per heavy atom. The van der Waals surface area contributed by atoms with Crippen molar-refractivity contribution < 1.29 is 37.8 Å². The molecule has 3 aromatic carbocycles. The molecule has 0 spiro atoms. The lowest BCUT2D eigenvalue weighted by molar-refractivity contribution is -0.120. The summed E-state index contributed by atoms with van der Waals surface area (Å²) in [4.78, 5) is 49.1. The molecule has 1 unspecified atom stereocenters. The van der Waals surface area contributed by atoms with E-state index in [1.165, 1.54) is 12.1 Å². The maximum atomic E-state index is 14.4. The third-order valence-corrected chi connectivity index (χ3v) is 7.05. The van der Waals surface area contributed by atoms with Crippen molar-refractivity contribution in [2.75, 3.05) is 22.1 Å². The number of hydrogen-bond donors (Lipinski definition) is 2. The summed E-state index contributed by atoms with van der Waals surface area (Å²) < 4.78 is 29.8. The zero-order valence-electron chi connectivity index (χ0n) is 25.1. The third kappa shape index (κ3) is 8.43. The first-order chi connectivity index (χ1) is 22.1. The van der Waals surface area contributed by atoms with E-state index in [2.05, 4.69) is 16.6 Å². The molecule has 1 atom stereocenters. The van der Waals surface area contributed by atoms with Crippen LogP contribution in [0, 0.1) is 18.2 Å². The molecule has 2 N–H and O–H groups in total. The molecule has 0 aromatic heterocycles. The summed E-state index contributed by atoms with van der Waals surface area (Å²) in [6.45, 7) is 3.63. The van der Waals surface area contributed by atoms with E-state index >= 15 is 0 Å². The number of carbonyl (C=O) groups excluding carboxylic acids is 4. The second-order valence-corrected chi connectivity index (χ2v) is 10.4. The van der Waals surface area contributed by atoms with Gasteiger partial charge in [0.1, 0.15) is 17.3 Å². The minimum absolute atomic E-state index is 0.0233. The zero-order valence-corrected chi connectivity index (χ0v) is 25.9. The highest BCUT2D eigenvalue weighted by atomic mass is 35.5. The first-order valence-electron chi connectivity index (χ1n) is 14.4. The molecular formula is C34H31ClFN3O7. The minimum Gasteiger partial charge on any atom is -0.476 e. The van der Waals surface area contributed by atoms with Crippen LogP contribution >= 0.6 is 11.6 Å². The average molecular weight is 648 g/mol. The van der Waals surface area contributed by atoms with Gasteiger partial charge in [-0.15, -0.1) is 6.42 Å². The summed E-state index contributed by atoms with van der Waals surface area (Å²) in [5.74, 6) is 1.12. The fraction of sp³-hybridized carbons (Fsp3) is 0.235. The molecule has 0 saturated heterocycles. The van der Waals surface area contributed by atoms with Gasteiger partial charge in [0, 0.05) is 34.7 Å². The van der Waals surface area contributed by atoms with E-state index in [4.69, 9.17) is 32.2 Å². The van der Waals surface area contributed by atoms with E-state index in [0.717, 1.165) is 23.8 Å². The Balaban J connectivity index is 0.000000210. The van der Waals surface area contributed by atoms with Gasteiger partial charge in [-0.2, -0.15) is 0 Å². The number of halogens is 2. The van der Waals surface area contributed by atoms with Gasteiger partial charge in [0.15, 0.2) is 6.10 Å². The van der Waals surface area contributed by atoms with Crippen LogP contribution in [0.5, 0.6) is 11.5 Å². The van der Waals surface area contributed by atoms with Crippen molar-refractivity contribution in [2.45, 2.75) is 45.6 Å². The average Bonchev–Trinajstić information content (AvgIpc) is 3.28. The topological polar surface area (TPSA) is 123 Å². The van der Waals surface area contributed by atoms with Crippen molar-refractivity contribution in [1.82, 2.24) is 0 Å². The smallest absolute Gasteiger partial charge is 0.417 e. The Hall–Kier alpha value is -5.34. The SMILES string of the molecule is C#CC(C)Oc1cc(N2C(=O)C3=C(CCCC3)C2=O)c(F)cc1Cl.CCOC(=O)Nc1cccc(OC(=O)Nc2ccccc2)c1. The molecule has 46 heavy (non-hydrogen) atoms. The summed E-state index contributed by atoms with van der Waals surface area (Å²) >= 11 is 5.97. The van der Waals surface area contributed by atoms with E-state index in [9.17, 15) is 23.6 Å². The van der Waals surface area contributed by atoms with Crippen LogP contribution in [0.25, 0.3) is 0 Å². The van der Waals surface area contributed by atoms with Crippen LogP contribution in [-0.4, -0.2) is 36.7 Å². The van der Waals surface area contributed by atoms with Gasteiger partial charge in [0.25, 0.3) is 11.8 Å². The van der Waals surface area contributed by atoms with Crippen LogP contribution in [-0.2, 0) is 14.3 Å². The summed E-state index contributed by atoms with van der Waals surface area (Å²) in [7, 11) is 0. The van der Waals surface area contributed by atoms with Crippen LogP contribution in [0.4, 0.5) is 31.0 Å². The van der Waals surface area contributed by atoms with Gasteiger partial charge < -0.3 is 14.2 Å². The number of imide groups is 1. The molecular weight excluding hydrogens is 617 g/mol. The monoisotopic (exact) mass is 647 g/mol. The van der Waals surface area contributed by atoms with Crippen LogP contribution in [0.2, 0.25) is 5.02 Å². The molecule has 1 aliphatic carbocycles. The summed E-state index contributed by atoms with van der Waals surface area (Å²) in [6.07, 6.45) is 6.30. The van der Waals surface area contributed by atoms with Crippen LogP contribution in [0.1, 0.15) is 39.5 Å². The normalized spacial score (nSPS) is 14.3. The highest BCUT2D eigenvalue weighted by Crippen LogP contribution is 2.39. The van der Waals surface area contributed by atoms with Crippen molar-refractivity contribution in [3.8, 4) is 23.8 Å². The molecule has 4 amide bonds. The lowest BCUT2D eigenvalue weighted by atomic mass is 9.93. The van der Waals surface area contributed by atoms with Crippen LogP contribution < -0.4 is 25.0 Å². The van der Waals surface area contributed by atoms with E-state index in [1.807, 2.05) is 6.07 Å². The first-order valence-corrected chi connectivity index (χ1v) is 14.8. The predicted octanol–water partition coefficient (Wildman–Crippen LogP) is 7.49. The molecule has 0 fully saturated rings. The molecule has 3 aromatic rings. The number of hydrogen-bond acceptors (Lipinski definition) is 7. The van der Waals surface area contributed by atoms with Gasteiger partial charge in [0.2, 0.25) is 0 Å². The summed E-state index contributed by atoms with van der Waals surface area (Å²) in [5.41, 5.74) is 1.92. The largest absolute Gasteiger partial charge is 0.476 e. The molecule has 5 rings (SSSR count). The van der Waals surface area contributed by atoms with Gasteiger partial charge in [0.05, 0.1) is 17.3 Å². The predicted molar refractivity (Wildman–Crippen MR) is 171 cm³/mol. The first kappa shape index (κ1) is 33.6. The van der Waals surface area contributed by atoms with E-state index in [0.29, 0.717) is 41.1 Å². The Morgan fingerprint density at radius 3 is 2.22 bits per heavy atom.